The summed E-state index contributed by atoms with van der Waals surface area (Å²) < 4.78 is 0. The van der Waals surface area contributed by atoms with Crippen LogP contribution in [0.5, 0.6) is 0 Å². The molecule has 0 saturated carbocycles. The minimum Gasteiger partial charge on any atom is -0.357 e. The van der Waals surface area contributed by atoms with Crippen molar-refractivity contribution in [1.82, 2.24) is 15.6 Å². The van der Waals surface area contributed by atoms with E-state index in [2.05, 4.69) is 34.4 Å². The van der Waals surface area contributed by atoms with Crippen molar-refractivity contribution in [2.75, 3.05) is 31.1 Å². The summed E-state index contributed by atoms with van der Waals surface area (Å²) in [5, 5.41) is 6.21. The van der Waals surface area contributed by atoms with Crippen molar-refractivity contribution in [3.63, 3.8) is 0 Å². The molecule has 7 heteroatoms. The Kier molecular flexibility index (Phi) is 11.8. The molecule has 2 N–H and O–H groups in total. The summed E-state index contributed by atoms with van der Waals surface area (Å²) in [6.07, 6.45) is 6.76. The molecule has 0 aliphatic carbocycles. The van der Waals surface area contributed by atoms with Crippen LogP contribution in [0.3, 0.4) is 0 Å². The van der Waals surface area contributed by atoms with Crippen molar-refractivity contribution in [2.24, 2.45) is 0 Å². The van der Waals surface area contributed by atoms with Crippen molar-refractivity contribution < 1.29 is 4.79 Å². The highest BCUT2D eigenvalue weighted by molar-refractivity contribution is 5.94. The highest BCUT2D eigenvalue weighted by Gasteiger charge is 2.12. The minimum absolute atomic E-state index is 0. The number of hydrogen-bond acceptors (Lipinski definition) is 4. The first-order valence-electron chi connectivity index (χ1n) is 8.43. The second-order valence-electron chi connectivity index (χ2n) is 5.98. The van der Waals surface area contributed by atoms with Crippen LogP contribution in [0, 0.1) is 0 Å². The maximum absolute atomic E-state index is 12.1. The first-order chi connectivity index (χ1) is 10.7. The third kappa shape index (κ3) is 7.24. The van der Waals surface area contributed by atoms with Crippen molar-refractivity contribution in [1.29, 1.82) is 0 Å². The number of pyridine rings is 1. The van der Waals surface area contributed by atoms with Gasteiger partial charge >= 0.3 is 0 Å². The fourth-order valence-electron chi connectivity index (χ4n) is 2.78. The van der Waals surface area contributed by atoms with E-state index in [4.69, 9.17) is 0 Å². The molecule has 1 aromatic heterocycles. The summed E-state index contributed by atoms with van der Waals surface area (Å²) in [5.41, 5.74) is 0.627. The van der Waals surface area contributed by atoms with Crippen LogP contribution in [0.2, 0.25) is 0 Å². The smallest absolute Gasteiger partial charge is 0.252 e. The maximum atomic E-state index is 12.1. The number of carbonyl (C=O) groups is 1. The second-order valence-corrected chi connectivity index (χ2v) is 5.98. The fraction of sp³-hybridized carbons (Fsp3) is 0.647. The van der Waals surface area contributed by atoms with Gasteiger partial charge in [-0.25, -0.2) is 4.98 Å². The maximum Gasteiger partial charge on any atom is 0.252 e. The highest BCUT2D eigenvalue weighted by atomic mass is 35.5. The lowest BCUT2D eigenvalue weighted by atomic mass is 10.2. The van der Waals surface area contributed by atoms with E-state index in [0.717, 1.165) is 25.5 Å². The molecule has 1 aromatic rings. The van der Waals surface area contributed by atoms with E-state index in [1.54, 1.807) is 6.20 Å². The Balaban J connectivity index is 0.00000264. The largest absolute Gasteiger partial charge is 0.357 e. The highest BCUT2D eigenvalue weighted by Crippen LogP contribution is 2.17. The lowest BCUT2D eigenvalue weighted by Crippen LogP contribution is -2.38. The Labute approximate surface area is 157 Å². The molecule has 1 amide bonds. The van der Waals surface area contributed by atoms with Gasteiger partial charge in [0, 0.05) is 31.9 Å². The molecule has 0 bridgehead atoms. The van der Waals surface area contributed by atoms with Crippen molar-refractivity contribution in [3.05, 3.63) is 23.9 Å². The zero-order chi connectivity index (χ0) is 15.8. The van der Waals surface area contributed by atoms with Gasteiger partial charge in [-0.1, -0.05) is 19.8 Å². The molecular weight excluding hydrogens is 347 g/mol. The number of hydrogen-bond donors (Lipinski definition) is 2. The molecule has 0 radical (unpaired) electrons. The van der Waals surface area contributed by atoms with Gasteiger partial charge in [0.05, 0.1) is 5.56 Å². The van der Waals surface area contributed by atoms with Crippen LogP contribution < -0.4 is 15.5 Å². The van der Waals surface area contributed by atoms with E-state index in [-0.39, 0.29) is 36.8 Å². The predicted molar refractivity (Wildman–Crippen MR) is 105 cm³/mol. The number of likely N-dealkylation sites (N-methyl/N-ethyl adjacent to an activating group) is 1. The molecule has 1 aliphatic rings. The summed E-state index contributed by atoms with van der Waals surface area (Å²) in [7, 11) is 0. The molecular formula is C17H30Cl2N4O. The van der Waals surface area contributed by atoms with Gasteiger partial charge in [0.2, 0.25) is 0 Å². The topological polar surface area (TPSA) is 57.3 Å². The van der Waals surface area contributed by atoms with Crippen molar-refractivity contribution in [3.8, 4) is 0 Å². The van der Waals surface area contributed by atoms with Crippen LogP contribution >= 0.6 is 24.8 Å². The number of nitrogens with zero attached hydrogens (tertiary/aromatic N) is 2. The summed E-state index contributed by atoms with van der Waals surface area (Å²) in [6, 6.07) is 4.12. The number of amides is 1. The number of carbonyl (C=O) groups excluding carboxylic acids is 1. The zero-order valence-corrected chi connectivity index (χ0v) is 16.2. The number of aromatic nitrogens is 1. The number of rotatable bonds is 6. The van der Waals surface area contributed by atoms with Gasteiger partial charge in [0.15, 0.2) is 0 Å². The fourth-order valence-corrected chi connectivity index (χ4v) is 2.78. The van der Waals surface area contributed by atoms with Crippen LogP contribution in [0.15, 0.2) is 18.3 Å². The Bertz CT molecular complexity index is 462. The average Bonchev–Trinajstić information content (AvgIpc) is 2.82. The molecule has 2 heterocycles. The molecule has 0 unspecified atom stereocenters. The average molecular weight is 377 g/mol. The lowest BCUT2D eigenvalue weighted by molar-refractivity contribution is 0.0950. The molecule has 2 rings (SSSR count). The van der Waals surface area contributed by atoms with Gasteiger partial charge in [-0.05, 0) is 38.4 Å². The molecule has 138 valence electrons. The predicted octanol–water partition coefficient (Wildman–Crippen LogP) is 3.03. The standard InChI is InChI=1S/C17H28N4O.2ClH/c1-3-18-14(2)12-20-17(22)15-8-9-16(19-13-15)21-10-6-4-5-7-11-21;;/h8-9,13-14,18H,3-7,10-12H2,1-2H3,(H,20,22);2*1H/t14-;;/m1../s1. The van der Waals surface area contributed by atoms with Crippen LogP contribution in [-0.4, -0.2) is 43.1 Å². The SMILES string of the molecule is CCN[C@H](C)CNC(=O)c1ccc(N2CCCCCC2)nc1.Cl.Cl. The lowest BCUT2D eigenvalue weighted by Gasteiger charge is -2.21. The summed E-state index contributed by atoms with van der Waals surface area (Å²) in [4.78, 5) is 18.9. The van der Waals surface area contributed by atoms with E-state index in [9.17, 15) is 4.79 Å². The van der Waals surface area contributed by atoms with Gasteiger partial charge in [-0.3, -0.25) is 4.79 Å². The normalized spacial score (nSPS) is 15.5. The Hall–Kier alpha value is -1.04. The van der Waals surface area contributed by atoms with Crippen LogP contribution in [-0.2, 0) is 0 Å². The van der Waals surface area contributed by atoms with Crippen molar-refractivity contribution >= 4 is 36.5 Å². The molecule has 1 fully saturated rings. The second kappa shape index (κ2) is 12.3. The van der Waals surface area contributed by atoms with E-state index in [0.29, 0.717) is 12.1 Å². The Morgan fingerprint density at radius 1 is 1.21 bits per heavy atom. The number of nitrogens with one attached hydrogen (secondary N) is 2. The van der Waals surface area contributed by atoms with E-state index in [1.165, 1.54) is 25.7 Å². The number of halogens is 2. The first kappa shape index (κ1) is 23.0. The summed E-state index contributed by atoms with van der Waals surface area (Å²) in [6.45, 7) is 7.79. The summed E-state index contributed by atoms with van der Waals surface area (Å²) in [5.74, 6) is 0.930. The van der Waals surface area contributed by atoms with Crippen molar-refractivity contribution in [2.45, 2.75) is 45.6 Å². The molecule has 0 spiro atoms. The van der Waals surface area contributed by atoms with Gasteiger partial charge in [0.25, 0.3) is 5.91 Å². The quantitative estimate of drug-likeness (QED) is 0.800. The molecule has 24 heavy (non-hydrogen) atoms. The van der Waals surface area contributed by atoms with Gasteiger partial charge < -0.3 is 15.5 Å². The molecule has 0 aromatic carbocycles. The Morgan fingerprint density at radius 3 is 2.42 bits per heavy atom. The molecule has 1 aliphatic heterocycles. The van der Waals surface area contributed by atoms with Gasteiger partial charge in [-0.2, -0.15) is 0 Å². The third-order valence-electron chi connectivity index (χ3n) is 4.06. The minimum atomic E-state index is -0.0559. The molecule has 1 saturated heterocycles. The van der Waals surface area contributed by atoms with Crippen LogP contribution in [0.4, 0.5) is 5.82 Å². The number of anilines is 1. The van der Waals surface area contributed by atoms with Crippen LogP contribution in [0.1, 0.15) is 49.9 Å². The zero-order valence-electron chi connectivity index (χ0n) is 14.6. The van der Waals surface area contributed by atoms with E-state index in [1.807, 2.05) is 12.1 Å². The first-order valence-corrected chi connectivity index (χ1v) is 8.43. The van der Waals surface area contributed by atoms with Crippen LogP contribution in [0.25, 0.3) is 0 Å². The van der Waals surface area contributed by atoms with Gasteiger partial charge in [0.1, 0.15) is 5.82 Å². The van der Waals surface area contributed by atoms with Gasteiger partial charge in [-0.15, -0.1) is 24.8 Å². The van der Waals surface area contributed by atoms with E-state index < -0.39 is 0 Å². The molecule has 5 nitrogen and oxygen atoms in total. The van der Waals surface area contributed by atoms with E-state index >= 15 is 0 Å². The third-order valence-corrected chi connectivity index (χ3v) is 4.06. The monoisotopic (exact) mass is 376 g/mol. The summed E-state index contributed by atoms with van der Waals surface area (Å²) >= 11 is 0. The molecule has 1 atom stereocenters. The Morgan fingerprint density at radius 2 is 1.88 bits per heavy atom.